The maximum atomic E-state index is 13.6. The summed E-state index contributed by atoms with van der Waals surface area (Å²) in [6.07, 6.45) is 1.95. The number of rotatable bonds is 4. The molecule has 1 heterocycles. The smallest absolute Gasteiger partial charge is 0.171 e. The zero-order chi connectivity index (χ0) is 16.3. The minimum absolute atomic E-state index is 0.0798. The van der Waals surface area contributed by atoms with Gasteiger partial charge in [-0.25, -0.2) is 8.78 Å². The van der Waals surface area contributed by atoms with Crippen LogP contribution in [0.4, 0.5) is 14.5 Å². The van der Waals surface area contributed by atoms with Gasteiger partial charge in [-0.05, 0) is 45.1 Å². The molecule has 4 nitrogen and oxygen atoms in total. The van der Waals surface area contributed by atoms with Crippen molar-refractivity contribution in [1.82, 2.24) is 15.1 Å². The van der Waals surface area contributed by atoms with Crippen molar-refractivity contribution >= 4 is 23.0 Å². The molecular formula is C15H18F2N4S. The number of aromatic nitrogens is 2. The Morgan fingerprint density at radius 1 is 1.41 bits per heavy atom. The Labute approximate surface area is 133 Å². The van der Waals surface area contributed by atoms with Gasteiger partial charge < -0.3 is 10.6 Å². The summed E-state index contributed by atoms with van der Waals surface area (Å²) in [5, 5.41) is 10.4. The van der Waals surface area contributed by atoms with E-state index in [0.29, 0.717) is 0 Å². The number of halogens is 2. The number of aryl methyl sites for hydroxylation is 2. The minimum Gasteiger partial charge on any atom is -0.356 e. The molecular weight excluding hydrogens is 306 g/mol. The van der Waals surface area contributed by atoms with E-state index in [1.165, 1.54) is 12.1 Å². The van der Waals surface area contributed by atoms with Gasteiger partial charge in [-0.1, -0.05) is 0 Å². The predicted octanol–water partition coefficient (Wildman–Crippen LogP) is 3.54. The van der Waals surface area contributed by atoms with Crippen molar-refractivity contribution in [2.75, 3.05) is 5.32 Å². The maximum Gasteiger partial charge on any atom is 0.171 e. The van der Waals surface area contributed by atoms with Crippen LogP contribution in [0.1, 0.15) is 31.1 Å². The molecule has 0 aliphatic carbocycles. The Morgan fingerprint density at radius 2 is 2.14 bits per heavy atom. The van der Waals surface area contributed by atoms with Crippen molar-refractivity contribution < 1.29 is 8.78 Å². The zero-order valence-electron chi connectivity index (χ0n) is 12.7. The van der Waals surface area contributed by atoms with Crippen molar-refractivity contribution in [3.05, 3.63) is 47.3 Å². The average molecular weight is 324 g/mol. The van der Waals surface area contributed by atoms with Crippen LogP contribution in [0.15, 0.2) is 24.4 Å². The van der Waals surface area contributed by atoms with Crippen LogP contribution in [0, 0.1) is 18.6 Å². The summed E-state index contributed by atoms with van der Waals surface area (Å²) in [5.74, 6) is -1.32. The third-order valence-electron chi connectivity index (χ3n) is 3.30. The fraction of sp³-hybridized carbons (Fsp3) is 0.333. The van der Waals surface area contributed by atoms with Gasteiger partial charge in [-0.2, -0.15) is 5.10 Å². The highest BCUT2D eigenvalue weighted by atomic mass is 32.1. The molecule has 2 rings (SSSR count). The van der Waals surface area contributed by atoms with Gasteiger partial charge in [0.25, 0.3) is 0 Å². The largest absolute Gasteiger partial charge is 0.356 e. The molecule has 0 radical (unpaired) electrons. The van der Waals surface area contributed by atoms with Gasteiger partial charge in [0.1, 0.15) is 11.6 Å². The van der Waals surface area contributed by atoms with E-state index in [2.05, 4.69) is 15.7 Å². The molecule has 1 aromatic carbocycles. The van der Waals surface area contributed by atoms with Crippen LogP contribution in [0.5, 0.6) is 0 Å². The molecule has 0 bridgehead atoms. The van der Waals surface area contributed by atoms with Crippen LogP contribution in [-0.2, 0) is 6.54 Å². The van der Waals surface area contributed by atoms with E-state index >= 15 is 0 Å². The maximum absolute atomic E-state index is 13.6. The first-order valence-corrected chi connectivity index (χ1v) is 7.38. The summed E-state index contributed by atoms with van der Waals surface area (Å²) in [4.78, 5) is 0. The van der Waals surface area contributed by atoms with Gasteiger partial charge in [-0.15, -0.1) is 0 Å². The lowest BCUT2D eigenvalue weighted by molar-refractivity contribution is 0.586. The standard InChI is InChI=1S/C15H18F2N4S/c1-4-21-8-12(10(3)20-21)9(2)18-15(22)19-14-6-5-11(16)7-13(14)17/h5-9H,4H2,1-3H3,(H2,18,19,22). The Bertz CT molecular complexity index is 684. The molecule has 22 heavy (non-hydrogen) atoms. The first-order chi connectivity index (χ1) is 10.4. The minimum atomic E-state index is -0.688. The van der Waals surface area contributed by atoms with E-state index in [1.807, 2.05) is 31.6 Å². The molecule has 1 aromatic heterocycles. The topological polar surface area (TPSA) is 41.9 Å². The molecule has 1 unspecified atom stereocenters. The van der Waals surface area contributed by atoms with Crippen LogP contribution >= 0.6 is 12.2 Å². The second-order valence-corrected chi connectivity index (χ2v) is 5.38. The lowest BCUT2D eigenvalue weighted by atomic mass is 10.1. The number of nitrogens with zero attached hydrogens (tertiary/aromatic N) is 2. The number of thiocarbonyl (C=S) groups is 1. The van der Waals surface area contributed by atoms with Gasteiger partial charge in [0.15, 0.2) is 5.11 Å². The highest BCUT2D eigenvalue weighted by Gasteiger charge is 2.14. The Balaban J connectivity index is 2.03. The lowest BCUT2D eigenvalue weighted by Gasteiger charge is -2.17. The molecule has 0 spiro atoms. The lowest BCUT2D eigenvalue weighted by Crippen LogP contribution is -2.31. The molecule has 118 valence electrons. The van der Waals surface area contributed by atoms with E-state index in [4.69, 9.17) is 12.2 Å². The number of hydrogen-bond donors (Lipinski definition) is 2. The quantitative estimate of drug-likeness (QED) is 0.844. The summed E-state index contributed by atoms with van der Waals surface area (Å²) in [7, 11) is 0. The van der Waals surface area contributed by atoms with Gasteiger partial charge in [0, 0.05) is 24.4 Å². The molecule has 0 fully saturated rings. The second kappa shape index (κ2) is 6.83. The molecule has 7 heteroatoms. The normalized spacial score (nSPS) is 12.0. The first kappa shape index (κ1) is 16.4. The Morgan fingerprint density at radius 3 is 2.73 bits per heavy atom. The summed E-state index contributed by atoms with van der Waals surface area (Å²) >= 11 is 5.17. The summed E-state index contributed by atoms with van der Waals surface area (Å²) in [5.41, 5.74) is 2.07. The molecule has 1 atom stereocenters. The van der Waals surface area contributed by atoms with Crippen LogP contribution in [-0.4, -0.2) is 14.9 Å². The van der Waals surface area contributed by atoms with Crippen LogP contribution in [0.3, 0.4) is 0 Å². The van der Waals surface area contributed by atoms with Crippen LogP contribution < -0.4 is 10.6 Å². The molecule has 0 saturated heterocycles. The van der Waals surface area contributed by atoms with Crippen molar-refractivity contribution in [2.45, 2.75) is 33.4 Å². The van der Waals surface area contributed by atoms with Crippen LogP contribution in [0.2, 0.25) is 0 Å². The van der Waals surface area contributed by atoms with E-state index in [1.54, 1.807) is 0 Å². The molecule has 0 saturated carbocycles. The first-order valence-electron chi connectivity index (χ1n) is 6.97. The fourth-order valence-corrected chi connectivity index (χ4v) is 2.43. The molecule has 0 amide bonds. The van der Waals surface area contributed by atoms with Gasteiger partial charge in [-0.3, -0.25) is 4.68 Å². The third-order valence-corrected chi connectivity index (χ3v) is 3.52. The van der Waals surface area contributed by atoms with Gasteiger partial charge in [0.2, 0.25) is 0 Å². The number of nitrogens with one attached hydrogen (secondary N) is 2. The number of anilines is 1. The summed E-state index contributed by atoms with van der Waals surface area (Å²) in [6, 6.07) is 3.21. The monoisotopic (exact) mass is 324 g/mol. The van der Waals surface area contributed by atoms with E-state index < -0.39 is 11.6 Å². The Kier molecular flexibility index (Phi) is 5.07. The number of hydrogen-bond acceptors (Lipinski definition) is 2. The van der Waals surface area contributed by atoms with Gasteiger partial charge >= 0.3 is 0 Å². The summed E-state index contributed by atoms with van der Waals surface area (Å²) < 4.78 is 28.3. The summed E-state index contributed by atoms with van der Waals surface area (Å²) in [6.45, 7) is 6.67. The van der Waals surface area contributed by atoms with Crippen molar-refractivity contribution in [3.8, 4) is 0 Å². The zero-order valence-corrected chi connectivity index (χ0v) is 13.5. The second-order valence-electron chi connectivity index (χ2n) is 4.97. The van der Waals surface area contributed by atoms with Crippen molar-refractivity contribution in [2.24, 2.45) is 0 Å². The van der Waals surface area contributed by atoms with Crippen molar-refractivity contribution in [3.63, 3.8) is 0 Å². The fourth-order valence-electron chi connectivity index (χ4n) is 2.14. The highest BCUT2D eigenvalue weighted by Crippen LogP contribution is 2.18. The van der Waals surface area contributed by atoms with E-state index in [9.17, 15) is 8.78 Å². The molecule has 0 aliphatic heterocycles. The molecule has 2 N–H and O–H groups in total. The van der Waals surface area contributed by atoms with E-state index in [0.717, 1.165) is 23.9 Å². The third kappa shape index (κ3) is 3.79. The molecule has 0 aliphatic rings. The molecule has 2 aromatic rings. The Hall–Kier alpha value is -2.02. The van der Waals surface area contributed by atoms with Crippen LogP contribution in [0.25, 0.3) is 0 Å². The van der Waals surface area contributed by atoms with Crippen molar-refractivity contribution in [1.29, 1.82) is 0 Å². The number of benzene rings is 1. The highest BCUT2D eigenvalue weighted by molar-refractivity contribution is 7.80. The van der Waals surface area contributed by atoms with E-state index in [-0.39, 0.29) is 16.8 Å². The SMILES string of the molecule is CCn1cc(C(C)NC(=S)Nc2ccc(F)cc2F)c(C)n1. The average Bonchev–Trinajstić information content (AvgIpc) is 2.83. The van der Waals surface area contributed by atoms with Gasteiger partial charge in [0.05, 0.1) is 17.4 Å². The predicted molar refractivity (Wildman–Crippen MR) is 86.8 cm³/mol.